The number of pyridine rings is 1. The number of aryl methyl sites for hydroxylation is 1. The molecule has 1 aliphatic heterocycles. The summed E-state index contributed by atoms with van der Waals surface area (Å²) >= 11 is 0. The molecule has 10 nitrogen and oxygen atoms in total. The van der Waals surface area contributed by atoms with Crippen molar-refractivity contribution < 1.29 is 28.2 Å². The van der Waals surface area contributed by atoms with Gasteiger partial charge >= 0.3 is 18.1 Å². The van der Waals surface area contributed by atoms with Gasteiger partial charge in [-0.2, -0.15) is 0 Å². The Kier molecular flexibility index (Phi) is 9.36. The lowest BCUT2D eigenvalue weighted by molar-refractivity contribution is -0.147. The molecule has 3 amide bonds. The number of hydrogen-bond donors (Lipinski definition) is 2. The third-order valence-corrected chi connectivity index (χ3v) is 5.30. The second-order valence-corrected chi connectivity index (χ2v) is 8.08. The first kappa shape index (κ1) is 25.9. The molecule has 1 fully saturated rings. The van der Waals surface area contributed by atoms with Gasteiger partial charge in [0.25, 0.3) is 0 Å². The Bertz CT molecular complexity index is 1030. The summed E-state index contributed by atoms with van der Waals surface area (Å²) in [7, 11) is 0. The molecule has 0 aliphatic carbocycles. The summed E-state index contributed by atoms with van der Waals surface area (Å²) in [4.78, 5) is 43.5. The lowest BCUT2D eigenvalue weighted by Gasteiger charge is -2.34. The average molecular weight is 488 g/mol. The van der Waals surface area contributed by atoms with Gasteiger partial charge in [0.05, 0.1) is 24.2 Å². The van der Waals surface area contributed by atoms with Gasteiger partial charge < -0.3 is 25.0 Å². The summed E-state index contributed by atoms with van der Waals surface area (Å²) in [6, 6.07) is 7.72. The van der Waals surface area contributed by atoms with Crippen molar-refractivity contribution in [2.45, 2.75) is 26.8 Å². The summed E-state index contributed by atoms with van der Waals surface area (Å²) < 4.78 is 24.9. The Labute approximate surface area is 203 Å². The van der Waals surface area contributed by atoms with Gasteiger partial charge in [0.2, 0.25) is 0 Å². The average Bonchev–Trinajstić information content (AvgIpc) is 2.85. The maximum Gasteiger partial charge on any atom is 0.410 e. The van der Waals surface area contributed by atoms with E-state index in [0.717, 1.165) is 5.69 Å². The molecular weight excluding hydrogens is 457 g/mol. The third-order valence-electron chi connectivity index (χ3n) is 5.30. The minimum Gasteiger partial charge on any atom is -0.463 e. The highest BCUT2D eigenvalue weighted by Gasteiger charge is 2.24. The first-order valence-corrected chi connectivity index (χ1v) is 11.4. The smallest absolute Gasteiger partial charge is 0.410 e. The van der Waals surface area contributed by atoms with Crippen molar-refractivity contribution in [3.8, 4) is 0 Å². The van der Waals surface area contributed by atoms with E-state index >= 15 is 4.39 Å². The van der Waals surface area contributed by atoms with Crippen molar-refractivity contribution in [3.05, 3.63) is 53.6 Å². The van der Waals surface area contributed by atoms with Crippen LogP contribution in [0.1, 0.15) is 24.6 Å². The van der Waals surface area contributed by atoms with E-state index in [1.165, 1.54) is 17.2 Å². The summed E-state index contributed by atoms with van der Waals surface area (Å²) in [6.07, 6.45) is 1.64. The molecule has 188 valence electrons. The van der Waals surface area contributed by atoms with Crippen LogP contribution in [0.4, 0.5) is 25.4 Å². The van der Waals surface area contributed by atoms with Crippen LogP contribution in [0.15, 0.2) is 36.5 Å². The molecule has 1 aromatic heterocycles. The number of nitrogens with one attached hydrogen (secondary N) is 2. The fourth-order valence-electron chi connectivity index (χ4n) is 3.42. The van der Waals surface area contributed by atoms with Crippen LogP contribution in [-0.2, 0) is 20.8 Å². The monoisotopic (exact) mass is 487 g/mol. The van der Waals surface area contributed by atoms with Crippen LogP contribution in [0.5, 0.6) is 0 Å². The van der Waals surface area contributed by atoms with E-state index in [1.54, 1.807) is 24.3 Å². The van der Waals surface area contributed by atoms with Crippen LogP contribution in [0.25, 0.3) is 0 Å². The molecule has 0 bridgehead atoms. The van der Waals surface area contributed by atoms with Crippen molar-refractivity contribution in [1.82, 2.24) is 14.8 Å². The molecule has 0 spiro atoms. The van der Waals surface area contributed by atoms with Crippen LogP contribution in [0.3, 0.4) is 0 Å². The maximum absolute atomic E-state index is 15.0. The quantitative estimate of drug-likeness (QED) is 0.549. The van der Waals surface area contributed by atoms with Crippen molar-refractivity contribution in [3.63, 3.8) is 0 Å². The van der Waals surface area contributed by atoms with Crippen molar-refractivity contribution in [1.29, 1.82) is 0 Å². The normalized spacial score (nSPS) is 13.7. The molecule has 1 aromatic carbocycles. The number of ether oxygens (including phenoxy) is 2. The minimum absolute atomic E-state index is 0.0669. The lowest BCUT2D eigenvalue weighted by Crippen LogP contribution is -2.48. The van der Waals surface area contributed by atoms with Gasteiger partial charge in [0.1, 0.15) is 0 Å². The van der Waals surface area contributed by atoms with Gasteiger partial charge in [-0.15, -0.1) is 0 Å². The number of anilines is 2. The molecule has 35 heavy (non-hydrogen) atoms. The highest BCUT2D eigenvalue weighted by Crippen LogP contribution is 2.21. The number of carbonyl (C=O) groups excluding carboxylic acids is 3. The zero-order valence-electron chi connectivity index (χ0n) is 19.9. The Balaban J connectivity index is 1.47. The first-order chi connectivity index (χ1) is 16.9. The number of aromatic nitrogens is 1. The lowest BCUT2D eigenvalue weighted by atomic mass is 10.1. The van der Waals surface area contributed by atoms with Crippen molar-refractivity contribution in [2.75, 3.05) is 50.0 Å². The van der Waals surface area contributed by atoms with E-state index in [0.29, 0.717) is 50.4 Å². The highest BCUT2D eigenvalue weighted by molar-refractivity contribution is 5.99. The molecule has 0 saturated carbocycles. The van der Waals surface area contributed by atoms with Crippen LogP contribution in [0, 0.1) is 12.7 Å². The van der Waals surface area contributed by atoms with Crippen LogP contribution in [-0.4, -0.2) is 72.3 Å². The van der Waals surface area contributed by atoms with Gasteiger partial charge in [0, 0.05) is 44.0 Å². The van der Waals surface area contributed by atoms with E-state index in [1.807, 2.05) is 18.7 Å². The van der Waals surface area contributed by atoms with Crippen molar-refractivity contribution >= 4 is 29.5 Å². The zero-order valence-corrected chi connectivity index (χ0v) is 19.9. The number of urea groups is 1. The number of rotatable bonds is 8. The topological polar surface area (TPSA) is 113 Å². The summed E-state index contributed by atoms with van der Waals surface area (Å²) in [6.45, 7) is 5.68. The number of nitrogens with zero attached hydrogens (tertiary/aromatic N) is 3. The Hall–Kier alpha value is -3.73. The Morgan fingerprint density at radius 3 is 2.51 bits per heavy atom. The number of benzene rings is 1. The predicted molar refractivity (Wildman–Crippen MR) is 127 cm³/mol. The molecule has 0 atom stereocenters. The molecule has 3 rings (SSSR count). The standard InChI is InChI=1S/C24H30FN5O5/c1-3-13-34-21(31)16-35-24(33)30-11-9-29(10-12-30)15-18-5-4-6-20(22(18)25)28-23(32)27-19-8-7-17(2)26-14-19/h4-8,14H,3,9-13,15-16H2,1-2H3,(H2,27,28,32). The second kappa shape index (κ2) is 12.7. The third kappa shape index (κ3) is 7.92. The number of amides is 3. The van der Waals surface area contributed by atoms with Gasteiger partial charge in [-0.3, -0.25) is 9.88 Å². The molecule has 1 aliphatic rings. The van der Waals surface area contributed by atoms with Crippen LogP contribution in [0.2, 0.25) is 0 Å². The van der Waals surface area contributed by atoms with Gasteiger partial charge in [-0.1, -0.05) is 19.1 Å². The molecular formula is C24H30FN5O5. The molecule has 2 heterocycles. The van der Waals surface area contributed by atoms with E-state index < -0.39 is 30.5 Å². The zero-order chi connectivity index (χ0) is 25.2. The first-order valence-electron chi connectivity index (χ1n) is 11.4. The molecule has 1 saturated heterocycles. The fraction of sp³-hybridized carbons (Fsp3) is 0.417. The molecule has 2 N–H and O–H groups in total. The summed E-state index contributed by atoms with van der Waals surface area (Å²) in [5.41, 5.74) is 1.81. The predicted octanol–water partition coefficient (Wildman–Crippen LogP) is 3.38. The Morgan fingerprint density at radius 1 is 1.06 bits per heavy atom. The van der Waals surface area contributed by atoms with Crippen LogP contribution >= 0.6 is 0 Å². The summed E-state index contributed by atoms with van der Waals surface area (Å²) in [5, 5.41) is 5.15. The summed E-state index contributed by atoms with van der Waals surface area (Å²) in [5.74, 6) is -1.09. The molecule has 11 heteroatoms. The molecule has 0 unspecified atom stereocenters. The number of hydrogen-bond acceptors (Lipinski definition) is 7. The van der Waals surface area contributed by atoms with E-state index in [4.69, 9.17) is 9.47 Å². The highest BCUT2D eigenvalue weighted by atomic mass is 19.1. The van der Waals surface area contributed by atoms with E-state index in [2.05, 4.69) is 15.6 Å². The van der Waals surface area contributed by atoms with E-state index in [-0.39, 0.29) is 12.3 Å². The largest absolute Gasteiger partial charge is 0.463 e. The number of carbonyl (C=O) groups is 3. The van der Waals surface area contributed by atoms with E-state index in [9.17, 15) is 14.4 Å². The maximum atomic E-state index is 15.0. The minimum atomic E-state index is -0.578. The van der Waals surface area contributed by atoms with Gasteiger partial charge in [-0.25, -0.2) is 18.8 Å². The molecule has 0 radical (unpaired) electrons. The number of halogens is 1. The fourth-order valence-corrected chi connectivity index (χ4v) is 3.42. The van der Waals surface area contributed by atoms with Gasteiger partial charge in [-0.05, 0) is 31.5 Å². The molecule has 2 aromatic rings. The Morgan fingerprint density at radius 2 is 1.83 bits per heavy atom. The number of esters is 1. The number of piperazine rings is 1. The van der Waals surface area contributed by atoms with Crippen LogP contribution < -0.4 is 10.6 Å². The second-order valence-electron chi connectivity index (χ2n) is 8.08. The SMILES string of the molecule is CCCOC(=O)COC(=O)N1CCN(Cc2cccc(NC(=O)Nc3ccc(C)nc3)c2F)CC1. The van der Waals surface area contributed by atoms with Gasteiger partial charge in [0.15, 0.2) is 12.4 Å². The van der Waals surface area contributed by atoms with Crippen molar-refractivity contribution in [2.24, 2.45) is 0 Å².